The van der Waals surface area contributed by atoms with Gasteiger partial charge in [-0.2, -0.15) is 0 Å². The number of benzene rings is 1. The number of likely N-dealkylation sites (tertiary alicyclic amines) is 1. The molecular weight excluding hydrogens is 370 g/mol. The molecule has 1 unspecified atom stereocenters. The van der Waals surface area contributed by atoms with Gasteiger partial charge in [-0.05, 0) is 37.1 Å². The maximum Gasteiger partial charge on any atom is 0.253 e. The summed E-state index contributed by atoms with van der Waals surface area (Å²) in [5, 5.41) is 0. The number of hydrogen-bond donors (Lipinski definition) is 1. The maximum atomic E-state index is 13.1. The number of amides is 2. The lowest BCUT2D eigenvalue weighted by Gasteiger charge is -2.33. The van der Waals surface area contributed by atoms with Crippen LogP contribution in [0.3, 0.4) is 0 Å². The summed E-state index contributed by atoms with van der Waals surface area (Å²) in [6, 6.07) is 7.84. The van der Waals surface area contributed by atoms with Gasteiger partial charge in [0.2, 0.25) is 5.91 Å². The topological polar surface area (TPSA) is 93.7 Å². The van der Waals surface area contributed by atoms with Crippen LogP contribution in [0.25, 0.3) is 0 Å². The van der Waals surface area contributed by atoms with Gasteiger partial charge in [-0.15, -0.1) is 0 Å². The number of carbonyl (C=O) groups is 2. The average Bonchev–Trinajstić information content (AvgIpc) is 3.21. The minimum absolute atomic E-state index is 0.0382. The molecule has 2 N–H and O–H groups in total. The highest BCUT2D eigenvalue weighted by atomic mass is 16.5. The van der Waals surface area contributed by atoms with Crippen LogP contribution in [0, 0.1) is 0 Å². The van der Waals surface area contributed by atoms with Crippen molar-refractivity contribution in [3.8, 4) is 0 Å². The van der Waals surface area contributed by atoms with E-state index in [2.05, 4.69) is 9.88 Å². The van der Waals surface area contributed by atoms with E-state index in [0.717, 1.165) is 57.2 Å². The van der Waals surface area contributed by atoms with E-state index < -0.39 is 5.91 Å². The number of morpholine rings is 1. The van der Waals surface area contributed by atoms with E-state index in [4.69, 9.17) is 10.5 Å². The second kappa shape index (κ2) is 8.65. The molecule has 0 radical (unpaired) electrons. The second-order valence-electron chi connectivity index (χ2n) is 7.62. The molecule has 1 atom stereocenters. The summed E-state index contributed by atoms with van der Waals surface area (Å²) < 4.78 is 7.19. The van der Waals surface area contributed by atoms with Gasteiger partial charge in [0.25, 0.3) is 5.91 Å². The van der Waals surface area contributed by atoms with Gasteiger partial charge >= 0.3 is 0 Å². The van der Waals surface area contributed by atoms with Crippen molar-refractivity contribution in [1.82, 2.24) is 14.5 Å². The molecule has 154 valence electrons. The zero-order valence-corrected chi connectivity index (χ0v) is 16.5. The SMILES string of the molecule is NC(=O)Cn1ccnc1C1CCCN(C(=O)c2ccc(N3CCOCC3)cc2)C1. The summed E-state index contributed by atoms with van der Waals surface area (Å²) in [5.74, 6) is 0.572. The average molecular weight is 397 g/mol. The van der Waals surface area contributed by atoms with Crippen LogP contribution in [-0.4, -0.2) is 65.7 Å². The summed E-state index contributed by atoms with van der Waals surface area (Å²) in [6.07, 6.45) is 5.30. The normalized spacial score (nSPS) is 19.9. The maximum absolute atomic E-state index is 13.1. The van der Waals surface area contributed by atoms with Gasteiger partial charge in [0, 0.05) is 55.7 Å². The third-order valence-corrected chi connectivity index (χ3v) is 5.64. The number of nitrogens with zero attached hydrogens (tertiary/aromatic N) is 4. The zero-order valence-electron chi connectivity index (χ0n) is 16.5. The van der Waals surface area contributed by atoms with Crippen LogP contribution in [-0.2, 0) is 16.1 Å². The molecule has 2 fully saturated rings. The highest BCUT2D eigenvalue weighted by molar-refractivity contribution is 5.94. The Labute approximate surface area is 170 Å². The van der Waals surface area contributed by atoms with Crippen LogP contribution in [0.4, 0.5) is 5.69 Å². The first-order valence-corrected chi connectivity index (χ1v) is 10.1. The Morgan fingerprint density at radius 1 is 1.14 bits per heavy atom. The number of piperidine rings is 1. The van der Waals surface area contributed by atoms with Crippen LogP contribution >= 0.6 is 0 Å². The van der Waals surface area contributed by atoms with E-state index in [0.29, 0.717) is 12.1 Å². The number of hydrogen-bond acceptors (Lipinski definition) is 5. The van der Waals surface area contributed by atoms with E-state index in [1.165, 1.54) is 0 Å². The van der Waals surface area contributed by atoms with Crippen molar-refractivity contribution in [2.45, 2.75) is 25.3 Å². The molecule has 2 aliphatic heterocycles. The molecule has 8 nitrogen and oxygen atoms in total. The number of imidazole rings is 1. The Balaban J connectivity index is 1.43. The van der Waals surface area contributed by atoms with Gasteiger partial charge < -0.3 is 24.8 Å². The quantitative estimate of drug-likeness (QED) is 0.819. The van der Waals surface area contributed by atoms with Crippen molar-refractivity contribution < 1.29 is 14.3 Å². The van der Waals surface area contributed by atoms with Gasteiger partial charge in [0.15, 0.2) is 0 Å². The summed E-state index contributed by atoms with van der Waals surface area (Å²) >= 11 is 0. The van der Waals surface area contributed by atoms with Gasteiger partial charge in [-0.1, -0.05) is 0 Å². The van der Waals surface area contributed by atoms with E-state index in [1.54, 1.807) is 17.0 Å². The number of primary amides is 1. The molecule has 3 heterocycles. The Morgan fingerprint density at radius 2 is 1.90 bits per heavy atom. The van der Waals surface area contributed by atoms with Gasteiger partial charge in [0.05, 0.1) is 13.2 Å². The van der Waals surface area contributed by atoms with Crippen molar-refractivity contribution in [1.29, 1.82) is 0 Å². The fourth-order valence-electron chi connectivity index (χ4n) is 4.17. The first-order chi connectivity index (χ1) is 14.1. The third kappa shape index (κ3) is 4.42. The van der Waals surface area contributed by atoms with E-state index in [1.807, 2.05) is 29.2 Å². The molecule has 29 heavy (non-hydrogen) atoms. The van der Waals surface area contributed by atoms with Crippen molar-refractivity contribution in [2.24, 2.45) is 5.73 Å². The molecule has 0 spiro atoms. The molecule has 0 saturated carbocycles. The predicted molar refractivity (Wildman–Crippen MR) is 109 cm³/mol. The van der Waals surface area contributed by atoms with E-state index in [-0.39, 0.29) is 18.4 Å². The van der Waals surface area contributed by atoms with Gasteiger partial charge in [0.1, 0.15) is 12.4 Å². The third-order valence-electron chi connectivity index (χ3n) is 5.64. The first kappa shape index (κ1) is 19.4. The van der Waals surface area contributed by atoms with Crippen LogP contribution < -0.4 is 10.6 Å². The van der Waals surface area contributed by atoms with E-state index in [9.17, 15) is 9.59 Å². The number of anilines is 1. The van der Waals surface area contributed by atoms with Crippen molar-refractivity contribution >= 4 is 17.5 Å². The molecule has 0 bridgehead atoms. The van der Waals surface area contributed by atoms with Gasteiger partial charge in [-0.3, -0.25) is 9.59 Å². The van der Waals surface area contributed by atoms with Crippen molar-refractivity contribution in [2.75, 3.05) is 44.3 Å². The predicted octanol–water partition coefficient (Wildman–Crippen LogP) is 1.22. The molecule has 1 aromatic heterocycles. The molecular formula is C21H27N5O3. The fraction of sp³-hybridized carbons (Fsp3) is 0.476. The van der Waals surface area contributed by atoms with Crippen LogP contribution in [0.5, 0.6) is 0 Å². The minimum atomic E-state index is -0.395. The summed E-state index contributed by atoms with van der Waals surface area (Å²) in [4.78, 5) is 32.9. The van der Waals surface area contributed by atoms with Gasteiger partial charge in [-0.25, -0.2) is 4.98 Å². The van der Waals surface area contributed by atoms with Crippen LogP contribution in [0.15, 0.2) is 36.7 Å². The minimum Gasteiger partial charge on any atom is -0.378 e. The molecule has 8 heteroatoms. The molecule has 2 aromatic rings. The standard InChI is InChI=1S/C21H27N5O3/c22-19(27)15-25-9-7-23-20(25)17-2-1-8-26(14-17)21(28)16-3-5-18(6-4-16)24-10-12-29-13-11-24/h3-7,9,17H,1-2,8,10-15H2,(H2,22,27). The largest absolute Gasteiger partial charge is 0.378 e. The lowest BCUT2D eigenvalue weighted by atomic mass is 9.96. The Kier molecular flexibility index (Phi) is 5.80. The molecule has 4 rings (SSSR count). The molecule has 2 aliphatic rings. The summed E-state index contributed by atoms with van der Waals surface area (Å²) in [7, 11) is 0. The molecule has 1 aromatic carbocycles. The Hall–Kier alpha value is -2.87. The Morgan fingerprint density at radius 3 is 2.62 bits per heavy atom. The number of nitrogens with two attached hydrogens (primary N) is 1. The monoisotopic (exact) mass is 397 g/mol. The number of carbonyl (C=O) groups excluding carboxylic acids is 2. The molecule has 0 aliphatic carbocycles. The summed E-state index contributed by atoms with van der Waals surface area (Å²) in [5.41, 5.74) is 7.15. The fourth-order valence-corrected chi connectivity index (χ4v) is 4.17. The lowest BCUT2D eigenvalue weighted by Crippen LogP contribution is -2.40. The number of rotatable bonds is 5. The van der Waals surface area contributed by atoms with Crippen LogP contribution in [0.1, 0.15) is 34.9 Å². The molecule has 2 amide bonds. The zero-order chi connectivity index (χ0) is 20.2. The number of aromatic nitrogens is 2. The highest BCUT2D eigenvalue weighted by Crippen LogP contribution is 2.27. The van der Waals surface area contributed by atoms with Crippen molar-refractivity contribution in [3.63, 3.8) is 0 Å². The highest BCUT2D eigenvalue weighted by Gasteiger charge is 2.28. The molecule has 2 saturated heterocycles. The smallest absolute Gasteiger partial charge is 0.253 e. The Bertz CT molecular complexity index is 857. The van der Waals surface area contributed by atoms with Crippen molar-refractivity contribution in [3.05, 3.63) is 48.0 Å². The van der Waals surface area contributed by atoms with Crippen LogP contribution in [0.2, 0.25) is 0 Å². The first-order valence-electron chi connectivity index (χ1n) is 10.1. The van der Waals surface area contributed by atoms with E-state index >= 15 is 0 Å². The lowest BCUT2D eigenvalue weighted by molar-refractivity contribution is -0.118. The summed E-state index contributed by atoms with van der Waals surface area (Å²) in [6.45, 7) is 4.67. The number of ether oxygens (including phenoxy) is 1. The second-order valence-corrected chi connectivity index (χ2v) is 7.62.